The Morgan fingerprint density at radius 3 is 1.18 bits per heavy atom. The molecule has 0 bridgehead atoms. The summed E-state index contributed by atoms with van der Waals surface area (Å²) in [6.45, 7) is 0. The Bertz CT molecular complexity index is 617. The fraction of sp³-hybridized carbons (Fsp3) is 0.600. The monoisotopic (exact) mass is 470 g/mol. The highest BCUT2D eigenvalue weighted by atomic mass is 32.2. The van der Waals surface area contributed by atoms with Gasteiger partial charge >= 0.3 is 0 Å². The van der Waals surface area contributed by atoms with Crippen LogP contribution in [0.5, 0.6) is 0 Å². The Hall–Kier alpha value is -1.29. The molecule has 0 aliphatic carbocycles. The summed E-state index contributed by atoms with van der Waals surface area (Å²) in [6, 6.07) is 20.1. The van der Waals surface area contributed by atoms with E-state index in [9.17, 15) is 10.2 Å². The van der Waals surface area contributed by atoms with E-state index in [1.165, 1.54) is 75.7 Å². The number of benzene rings is 2. The quantitative estimate of drug-likeness (QED) is 0.190. The number of hydrogen-bond acceptors (Lipinski definition) is 3. The summed E-state index contributed by atoms with van der Waals surface area (Å²) < 4.78 is 0. The minimum Gasteiger partial charge on any atom is -0.388 e. The maximum absolute atomic E-state index is 10.2. The number of aliphatic hydroxyl groups is 2. The lowest BCUT2D eigenvalue weighted by molar-refractivity contribution is 0.163. The number of rotatable bonds is 20. The van der Waals surface area contributed by atoms with E-state index in [-0.39, 0.29) is 12.2 Å². The van der Waals surface area contributed by atoms with Gasteiger partial charge in [0, 0.05) is 0 Å². The topological polar surface area (TPSA) is 40.5 Å². The maximum Gasteiger partial charge on any atom is 0.0790 e. The summed E-state index contributed by atoms with van der Waals surface area (Å²) in [5.41, 5.74) is 2.10. The maximum atomic E-state index is 10.2. The molecular weight excluding hydrogens is 424 g/mol. The average Bonchev–Trinajstić information content (AvgIpc) is 2.86. The van der Waals surface area contributed by atoms with Crippen molar-refractivity contribution >= 4 is 11.8 Å². The highest BCUT2D eigenvalue weighted by molar-refractivity contribution is 7.99. The van der Waals surface area contributed by atoms with Crippen molar-refractivity contribution < 1.29 is 10.2 Å². The molecule has 2 rings (SSSR count). The van der Waals surface area contributed by atoms with Crippen molar-refractivity contribution in [3.05, 3.63) is 71.8 Å². The molecule has 0 amide bonds. The molecule has 0 aromatic heterocycles. The van der Waals surface area contributed by atoms with Crippen molar-refractivity contribution in [3.8, 4) is 0 Å². The first kappa shape index (κ1) is 28.0. The van der Waals surface area contributed by atoms with Gasteiger partial charge in [-0.3, -0.25) is 0 Å². The van der Waals surface area contributed by atoms with Gasteiger partial charge in [0.1, 0.15) is 0 Å². The number of aliphatic hydroxyl groups excluding tert-OH is 2. The highest BCUT2D eigenvalue weighted by Crippen LogP contribution is 2.21. The highest BCUT2D eigenvalue weighted by Gasteiger charge is 2.06. The van der Waals surface area contributed by atoms with Gasteiger partial charge in [0.05, 0.1) is 12.2 Å². The molecule has 0 heterocycles. The molecule has 2 unspecified atom stereocenters. The van der Waals surface area contributed by atoms with Crippen molar-refractivity contribution in [2.75, 3.05) is 11.5 Å². The first-order valence-electron chi connectivity index (χ1n) is 13.3. The standard InChI is InChI=1S/C30H46O2S/c31-29(27-19-11-9-12-20-27)23-15-5-1-3-7-17-25-33-26-18-8-4-2-6-16-24-30(32)28-21-13-10-14-22-28/h9-14,19-22,29-32H,1-8,15-18,23-26H2. The Labute approximate surface area is 207 Å². The molecule has 0 saturated heterocycles. The number of unbranched alkanes of at least 4 members (excludes halogenated alkanes) is 10. The van der Waals surface area contributed by atoms with E-state index in [2.05, 4.69) is 11.8 Å². The molecule has 33 heavy (non-hydrogen) atoms. The van der Waals surface area contributed by atoms with Gasteiger partial charge in [-0.1, -0.05) is 125 Å². The van der Waals surface area contributed by atoms with Crippen molar-refractivity contribution in [3.63, 3.8) is 0 Å². The van der Waals surface area contributed by atoms with Crippen LogP contribution < -0.4 is 0 Å². The zero-order chi connectivity index (χ0) is 23.4. The summed E-state index contributed by atoms with van der Waals surface area (Å²) in [6.07, 6.45) is 16.6. The summed E-state index contributed by atoms with van der Waals surface area (Å²) in [4.78, 5) is 0. The van der Waals surface area contributed by atoms with Crippen LogP contribution in [-0.4, -0.2) is 21.7 Å². The molecule has 2 aromatic rings. The van der Waals surface area contributed by atoms with Gasteiger partial charge in [0.15, 0.2) is 0 Å². The molecule has 2 aromatic carbocycles. The van der Waals surface area contributed by atoms with E-state index in [1.54, 1.807) is 0 Å². The molecule has 3 heteroatoms. The second kappa shape index (κ2) is 19.1. The van der Waals surface area contributed by atoms with Crippen molar-refractivity contribution in [1.29, 1.82) is 0 Å². The average molecular weight is 471 g/mol. The van der Waals surface area contributed by atoms with Gasteiger partial charge in [-0.15, -0.1) is 0 Å². The second-order valence-electron chi connectivity index (χ2n) is 9.29. The molecule has 2 nitrogen and oxygen atoms in total. The first-order chi connectivity index (χ1) is 16.3. The Kier molecular flexibility index (Phi) is 16.1. The predicted molar refractivity (Wildman–Crippen MR) is 145 cm³/mol. The van der Waals surface area contributed by atoms with E-state index in [0.717, 1.165) is 36.8 Å². The molecule has 2 N–H and O–H groups in total. The van der Waals surface area contributed by atoms with Crippen LogP contribution in [-0.2, 0) is 0 Å². The normalized spacial score (nSPS) is 13.2. The van der Waals surface area contributed by atoms with E-state index in [1.807, 2.05) is 60.7 Å². The van der Waals surface area contributed by atoms with Gasteiger partial charge in [-0.05, 0) is 48.3 Å². The largest absolute Gasteiger partial charge is 0.388 e. The van der Waals surface area contributed by atoms with Gasteiger partial charge < -0.3 is 10.2 Å². The van der Waals surface area contributed by atoms with E-state index in [0.29, 0.717) is 0 Å². The van der Waals surface area contributed by atoms with Crippen LogP contribution in [0.1, 0.15) is 113 Å². The van der Waals surface area contributed by atoms with Crippen LogP contribution in [0.2, 0.25) is 0 Å². The van der Waals surface area contributed by atoms with E-state index < -0.39 is 0 Å². The van der Waals surface area contributed by atoms with E-state index in [4.69, 9.17) is 0 Å². The summed E-state index contributed by atoms with van der Waals surface area (Å²) in [5, 5.41) is 20.4. The minimum absolute atomic E-state index is 0.296. The Balaban J connectivity index is 1.27. The first-order valence-corrected chi connectivity index (χ1v) is 14.5. The Morgan fingerprint density at radius 1 is 0.455 bits per heavy atom. The molecule has 0 aliphatic rings. The molecule has 0 aliphatic heterocycles. The summed E-state index contributed by atoms with van der Waals surface area (Å²) in [7, 11) is 0. The molecular formula is C30H46O2S. The van der Waals surface area contributed by atoms with Gasteiger partial charge in [-0.25, -0.2) is 0 Å². The third-order valence-electron chi connectivity index (χ3n) is 6.40. The smallest absolute Gasteiger partial charge is 0.0790 e. The van der Waals surface area contributed by atoms with Crippen LogP contribution in [0.15, 0.2) is 60.7 Å². The predicted octanol–water partition coefficient (Wildman–Crippen LogP) is 8.65. The van der Waals surface area contributed by atoms with Crippen LogP contribution >= 0.6 is 11.8 Å². The second-order valence-corrected chi connectivity index (χ2v) is 10.5. The third-order valence-corrected chi connectivity index (χ3v) is 7.56. The number of thioether (sulfide) groups is 1. The molecule has 184 valence electrons. The summed E-state index contributed by atoms with van der Waals surface area (Å²) in [5.74, 6) is 2.62. The molecule has 0 saturated carbocycles. The van der Waals surface area contributed by atoms with Gasteiger partial charge in [-0.2, -0.15) is 11.8 Å². The Morgan fingerprint density at radius 2 is 0.788 bits per heavy atom. The SMILES string of the molecule is OC(CCCCCCCCSCCCCCCCCC(O)c1ccccc1)c1ccccc1. The lowest BCUT2D eigenvalue weighted by atomic mass is 10.0. The molecule has 0 radical (unpaired) electrons. The summed E-state index contributed by atoms with van der Waals surface area (Å²) >= 11 is 2.13. The van der Waals surface area contributed by atoms with Gasteiger partial charge in [0.2, 0.25) is 0 Å². The lowest BCUT2D eigenvalue weighted by Gasteiger charge is -2.10. The zero-order valence-corrected chi connectivity index (χ0v) is 21.4. The van der Waals surface area contributed by atoms with Gasteiger partial charge in [0.25, 0.3) is 0 Å². The fourth-order valence-corrected chi connectivity index (χ4v) is 5.30. The van der Waals surface area contributed by atoms with Crippen LogP contribution in [0.4, 0.5) is 0 Å². The zero-order valence-electron chi connectivity index (χ0n) is 20.5. The van der Waals surface area contributed by atoms with Crippen LogP contribution in [0.25, 0.3) is 0 Å². The lowest BCUT2D eigenvalue weighted by Crippen LogP contribution is -1.96. The van der Waals surface area contributed by atoms with Crippen molar-refractivity contribution in [1.82, 2.24) is 0 Å². The molecule has 0 spiro atoms. The third kappa shape index (κ3) is 13.9. The number of hydrogen-bond donors (Lipinski definition) is 2. The van der Waals surface area contributed by atoms with Crippen molar-refractivity contribution in [2.24, 2.45) is 0 Å². The molecule has 0 fully saturated rings. The minimum atomic E-state index is -0.296. The van der Waals surface area contributed by atoms with E-state index >= 15 is 0 Å². The van der Waals surface area contributed by atoms with Crippen molar-refractivity contribution in [2.45, 2.75) is 102 Å². The van der Waals surface area contributed by atoms with Crippen LogP contribution in [0, 0.1) is 0 Å². The fourth-order valence-electron chi connectivity index (χ4n) is 4.28. The van der Waals surface area contributed by atoms with Crippen LogP contribution in [0.3, 0.4) is 0 Å². The molecule has 2 atom stereocenters.